The van der Waals surface area contributed by atoms with Crippen LogP contribution in [0.4, 0.5) is 5.69 Å². The summed E-state index contributed by atoms with van der Waals surface area (Å²) in [5, 5.41) is 1.26. The standard InChI is InChI=1S/C18H19N3/c1-2-20-13-17(16-8-5-10-19-18(16)20)21-11-9-14-6-3-4-7-15(14)12-21/h3-8,10,13H,2,9,11-12H2,1H3. The second kappa shape index (κ2) is 4.92. The van der Waals surface area contributed by atoms with Crippen LogP contribution in [0.15, 0.2) is 48.8 Å². The van der Waals surface area contributed by atoms with Crippen molar-refractivity contribution in [3.63, 3.8) is 0 Å². The summed E-state index contributed by atoms with van der Waals surface area (Å²) in [5.74, 6) is 0. The zero-order valence-electron chi connectivity index (χ0n) is 12.3. The summed E-state index contributed by atoms with van der Waals surface area (Å²) in [6.07, 6.45) is 5.25. The lowest BCUT2D eigenvalue weighted by Crippen LogP contribution is -2.30. The van der Waals surface area contributed by atoms with E-state index in [1.54, 1.807) is 0 Å². The largest absolute Gasteiger partial charge is 0.365 e. The monoisotopic (exact) mass is 277 g/mol. The molecule has 0 aliphatic carbocycles. The molecule has 0 bridgehead atoms. The minimum absolute atomic E-state index is 0.956. The van der Waals surface area contributed by atoms with Gasteiger partial charge in [-0.05, 0) is 36.6 Å². The van der Waals surface area contributed by atoms with Crippen LogP contribution in [-0.4, -0.2) is 16.1 Å². The lowest BCUT2D eigenvalue weighted by Gasteiger charge is -2.30. The van der Waals surface area contributed by atoms with E-state index in [0.29, 0.717) is 0 Å². The van der Waals surface area contributed by atoms with Gasteiger partial charge in [0.25, 0.3) is 0 Å². The summed E-state index contributed by atoms with van der Waals surface area (Å²) in [4.78, 5) is 7.03. The normalized spacial score (nSPS) is 14.4. The van der Waals surface area contributed by atoms with Gasteiger partial charge in [-0.2, -0.15) is 0 Å². The topological polar surface area (TPSA) is 21.1 Å². The first kappa shape index (κ1) is 12.5. The van der Waals surface area contributed by atoms with Crippen molar-refractivity contribution >= 4 is 16.7 Å². The van der Waals surface area contributed by atoms with Gasteiger partial charge in [0.2, 0.25) is 0 Å². The lowest BCUT2D eigenvalue weighted by molar-refractivity contribution is 0.727. The lowest BCUT2D eigenvalue weighted by atomic mass is 9.99. The van der Waals surface area contributed by atoms with E-state index < -0.39 is 0 Å². The number of benzene rings is 1. The number of aromatic nitrogens is 2. The van der Waals surface area contributed by atoms with E-state index in [4.69, 9.17) is 0 Å². The number of nitrogens with zero attached hydrogens (tertiary/aromatic N) is 3. The van der Waals surface area contributed by atoms with Crippen molar-refractivity contribution in [3.8, 4) is 0 Å². The van der Waals surface area contributed by atoms with Crippen LogP contribution >= 0.6 is 0 Å². The summed E-state index contributed by atoms with van der Waals surface area (Å²) in [5.41, 5.74) is 5.35. The zero-order valence-corrected chi connectivity index (χ0v) is 12.3. The van der Waals surface area contributed by atoms with Gasteiger partial charge in [-0.3, -0.25) is 0 Å². The quantitative estimate of drug-likeness (QED) is 0.713. The van der Waals surface area contributed by atoms with Gasteiger partial charge < -0.3 is 9.47 Å². The fourth-order valence-electron chi connectivity index (χ4n) is 3.30. The van der Waals surface area contributed by atoms with E-state index in [1.165, 1.54) is 22.2 Å². The average molecular weight is 277 g/mol. The SMILES string of the molecule is CCn1cc(N2CCc3ccccc3C2)c2cccnc21. The Bertz CT molecular complexity index is 788. The van der Waals surface area contributed by atoms with E-state index in [-0.39, 0.29) is 0 Å². The molecular formula is C18H19N3. The van der Waals surface area contributed by atoms with Gasteiger partial charge in [0.15, 0.2) is 0 Å². The predicted molar refractivity (Wildman–Crippen MR) is 86.6 cm³/mol. The smallest absolute Gasteiger partial charge is 0.141 e. The molecule has 0 unspecified atom stereocenters. The molecule has 0 amide bonds. The molecule has 3 nitrogen and oxygen atoms in total. The molecule has 0 N–H and O–H groups in total. The highest BCUT2D eigenvalue weighted by atomic mass is 15.2. The molecule has 0 saturated carbocycles. The van der Waals surface area contributed by atoms with Gasteiger partial charge in [0.05, 0.1) is 5.69 Å². The molecule has 106 valence electrons. The molecule has 0 saturated heterocycles. The van der Waals surface area contributed by atoms with Crippen molar-refractivity contribution in [2.24, 2.45) is 0 Å². The Morgan fingerprint density at radius 2 is 1.95 bits per heavy atom. The van der Waals surface area contributed by atoms with Crippen LogP contribution in [0.3, 0.4) is 0 Å². The van der Waals surface area contributed by atoms with Gasteiger partial charge in [0, 0.05) is 37.4 Å². The second-order valence-corrected chi connectivity index (χ2v) is 5.62. The molecule has 0 fully saturated rings. The van der Waals surface area contributed by atoms with Crippen LogP contribution < -0.4 is 4.90 Å². The summed E-state index contributed by atoms with van der Waals surface area (Å²) < 4.78 is 2.24. The summed E-state index contributed by atoms with van der Waals surface area (Å²) >= 11 is 0. The van der Waals surface area contributed by atoms with Crippen LogP contribution in [0.1, 0.15) is 18.1 Å². The zero-order chi connectivity index (χ0) is 14.2. The number of anilines is 1. The summed E-state index contributed by atoms with van der Waals surface area (Å²) in [6.45, 7) is 5.20. The highest BCUT2D eigenvalue weighted by Crippen LogP contribution is 2.31. The van der Waals surface area contributed by atoms with Crippen LogP contribution in [0.2, 0.25) is 0 Å². The summed E-state index contributed by atoms with van der Waals surface area (Å²) in [7, 11) is 0. The molecule has 0 atom stereocenters. The minimum atomic E-state index is 0.956. The van der Waals surface area contributed by atoms with E-state index in [1.807, 2.05) is 12.3 Å². The number of aryl methyl sites for hydroxylation is 1. The molecule has 2 aromatic heterocycles. The Balaban J connectivity index is 1.78. The number of pyridine rings is 1. The third-order valence-electron chi connectivity index (χ3n) is 4.42. The Kier molecular flexibility index (Phi) is 2.92. The molecule has 3 heterocycles. The minimum Gasteiger partial charge on any atom is -0.365 e. The van der Waals surface area contributed by atoms with Gasteiger partial charge >= 0.3 is 0 Å². The van der Waals surface area contributed by atoms with E-state index in [0.717, 1.165) is 31.7 Å². The molecule has 3 heteroatoms. The Hall–Kier alpha value is -2.29. The van der Waals surface area contributed by atoms with Gasteiger partial charge in [0.1, 0.15) is 5.65 Å². The van der Waals surface area contributed by atoms with Crippen molar-refractivity contribution in [2.45, 2.75) is 26.4 Å². The van der Waals surface area contributed by atoms with Crippen molar-refractivity contribution in [3.05, 3.63) is 59.9 Å². The van der Waals surface area contributed by atoms with Crippen molar-refractivity contribution in [1.82, 2.24) is 9.55 Å². The Morgan fingerprint density at radius 3 is 2.81 bits per heavy atom. The molecule has 3 aromatic rings. The molecule has 21 heavy (non-hydrogen) atoms. The Labute approximate surface area is 124 Å². The summed E-state index contributed by atoms with van der Waals surface area (Å²) in [6, 6.07) is 13.0. The maximum absolute atomic E-state index is 4.55. The number of fused-ring (bicyclic) bond motifs is 2. The molecule has 4 rings (SSSR count). The molecule has 1 aliphatic rings. The maximum atomic E-state index is 4.55. The third kappa shape index (κ3) is 2.00. The third-order valence-corrected chi connectivity index (χ3v) is 4.42. The highest BCUT2D eigenvalue weighted by molar-refractivity contribution is 5.91. The Morgan fingerprint density at radius 1 is 1.10 bits per heavy atom. The first-order valence-corrected chi connectivity index (χ1v) is 7.62. The van der Waals surface area contributed by atoms with E-state index in [2.05, 4.69) is 57.9 Å². The van der Waals surface area contributed by atoms with Crippen LogP contribution in [0.5, 0.6) is 0 Å². The van der Waals surface area contributed by atoms with Gasteiger partial charge in [-0.25, -0.2) is 4.98 Å². The molecule has 0 radical (unpaired) electrons. The first-order valence-electron chi connectivity index (χ1n) is 7.62. The fraction of sp³-hybridized carbons (Fsp3) is 0.278. The number of hydrogen-bond acceptors (Lipinski definition) is 2. The van der Waals surface area contributed by atoms with Gasteiger partial charge in [-0.1, -0.05) is 24.3 Å². The molecule has 0 spiro atoms. The molecule has 1 aliphatic heterocycles. The van der Waals surface area contributed by atoms with Gasteiger partial charge in [-0.15, -0.1) is 0 Å². The van der Waals surface area contributed by atoms with Crippen LogP contribution in [0.25, 0.3) is 11.0 Å². The number of rotatable bonds is 2. The highest BCUT2D eigenvalue weighted by Gasteiger charge is 2.19. The van der Waals surface area contributed by atoms with Crippen molar-refractivity contribution < 1.29 is 0 Å². The van der Waals surface area contributed by atoms with Crippen molar-refractivity contribution in [2.75, 3.05) is 11.4 Å². The maximum Gasteiger partial charge on any atom is 0.141 e. The molecular weight excluding hydrogens is 258 g/mol. The fourth-order valence-corrected chi connectivity index (χ4v) is 3.30. The van der Waals surface area contributed by atoms with Crippen LogP contribution in [-0.2, 0) is 19.5 Å². The first-order chi connectivity index (χ1) is 10.4. The van der Waals surface area contributed by atoms with Crippen molar-refractivity contribution in [1.29, 1.82) is 0 Å². The van der Waals surface area contributed by atoms with Crippen LogP contribution in [0, 0.1) is 0 Å². The number of hydrogen-bond donors (Lipinski definition) is 0. The second-order valence-electron chi connectivity index (χ2n) is 5.62. The predicted octanol–water partition coefficient (Wildman–Crippen LogP) is 3.62. The average Bonchev–Trinajstić information content (AvgIpc) is 2.93. The van der Waals surface area contributed by atoms with E-state index >= 15 is 0 Å². The molecule has 1 aromatic carbocycles. The van der Waals surface area contributed by atoms with E-state index in [9.17, 15) is 0 Å².